The number of rotatable bonds is 27. The van der Waals surface area contributed by atoms with E-state index in [9.17, 15) is 4.79 Å². The predicted molar refractivity (Wildman–Crippen MR) is 253 cm³/mol. The number of carbonyl (C=O) groups is 1. The van der Waals surface area contributed by atoms with E-state index in [4.69, 9.17) is 0 Å². The molecule has 0 aromatic rings. The summed E-state index contributed by atoms with van der Waals surface area (Å²) in [5.41, 5.74) is 0. The first kappa shape index (κ1) is 69.6. The molecular weight excluding hydrogens is 629 g/mol. The summed E-state index contributed by atoms with van der Waals surface area (Å²) in [7, 11) is 0. The third-order valence-electron chi connectivity index (χ3n) is 8.33. The molecule has 0 rings (SSSR count). The van der Waals surface area contributed by atoms with Gasteiger partial charge in [-0.3, -0.25) is 0 Å². The third kappa shape index (κ3) is 154. The molecule has 0 aromatic carbocycles. The van der Waals surface area contributed by atoms with Gasteiger partial charge in [0.25, 0.3) is 0 Å². The fourth-order valence-corrected chi connectivity index (χ4v) is 4.48. The van der Waals surface area contributed by atoms with E-state index in [1.54, 1.807) is 6.92 Å². The highest BCUT2D eigenvalue weighted by atomic mass is 16.1. The molecule has 0 atom stereocenters. The van der Waals surface area contributed by atoms with Crippen molar-refractivity contribution >= 4 is 5.78 Å². The molecule has 1 heteroatoms. The van der Waals surface area contributed by atoms with Crippen molar-refractivity contribution in [2.75, 3.05) is 0 Å². The van der Waals surface area contributed by atoms with Crippen LogP contribution in [0, 0.1) is 0 Å². The second-order valence-corrected chi connectivity index (χ2v) is 14.8. The van der Waals surface area contributed by atoms with Crippen molar-refractivity contribution in [1.82, 2.24) is 0 Å². The van der Waals surface area contributed by atoms with Gasteiger partial charge in [-0.1, -0.05) is 309 Å². The summed E-state index contributed by atoms with van der Waals surface area (Å²) in [6.45, 7) is 35.1. The lowest BCUT2D eigenvalue weighted by Gasteiger charge is -1.95. The Morgan fingerprint density at radius 2 is 0.327 bits per heavy atom. The Kier molecular flexibility index (Phi) is 124. The molecule has 326 valence electrons. The van der Waals surface area contributed by atoms with Gasteiger partial charge in [0, 0.05) is 6.42 Å². The fourth-order valence-electron chi connectivity index (χ4n) is 4.48. The second kappa shape index (κ2) is 93.0. The van der Waals surface area contributed by atoms with Crippen LogP contribution in [0.25, 0.3) is 0 Å². The highest BCUT2D eigenvalue weighted by Crippen LogP contribution is 2.05. The molecule has 0 saturated carbocycles. The standard InChI is InChI=1S/C9H18O.7C6H14/c1-3-4-5-6-7-8-9(2)10;7*1-3-5-6-4-2/h3-8H2,1-2H3;7*3-6H2,1-2H3. The van der Waals surface area contributed by atoms with Crippen LogP contribution in [0.5, 0.6) is 0 Å². The van der Waals surface area contributed by atoms with Crippen LogP contribution in [0.4, 0.5) is 0 Å². The molecule has 0 aliphatic heterocycles. The first-order chi connectivity index (χ1) is 25.2. The lowest BCUT2D eigenvalue weighted by Crippen LogP contribution is -1.88. The maximum Gasteiger partial charge on any atom is 0.129 e. The third-order valence-corrected chi connectivity index (χ3v) is 8.33. The second-order valence-electron chi connectivity index (χ2n) is 14.8. The van der Waals surface area contributed by atoms with E-state index in [-0.39, 0.29) is 0 Å². The predicted octanol–water partition coefficient (Wildman–Crippen LogP) is 21.0. The van der Waals surface area contributed by atoms with Gasteiger partial charge in [-0.2, -0.15) is 0 Å². The first-order valence-corrected chi connectivity index (χ1v) is 24.7. The number of hydrogen-bond acceptors (Lipinski definition) is 1. The molecule has 52 heavy (non-hydrogen) atoms. The summed E-state index contributed by atoms with van der Waals surface area (Å²) in [5.74, 6) is 0.330. The maximum absolute atomic E-state index is 10.5. The van der Waals surface area contributed by atoms with E-state index in [1.165, 1.54) is 205 Å². The number of hydrogen-bond donors (Lipinski definition) is 0. The highest BCUT2D eigenvalue weighted by Gasteiger charge is 1.92. The van der Waals surface area contributed by atoms with Crippen LogP contribution in [0.15, 0.2) is 0 Å². The van der Waals surface area contributed by atoms with Gasteiger partial charge in [0.1, 0.15) is 5.78 Å². The van der Waals surface area contributed by atoms with Crippen molar-refractivity contribution < 1.29 is 4.79 Å². The van der Waals surface area contributed by atoms with Crippen molar-refractivity contribution in [3.8, 4) is 0 Å². The molecule has 1 nitrogen and oxygen atoms in total. The zero-order chi connectivity index (χ0) is 41.6. The summed E-state index contributed by atoms with van der Waals surface area (Å²) in [4.78, 5) is 10.5. The Morgan fingerprint density at radius 3 is 0.442 bits per heavy atom. The van der Waals surface area contributed by atoms with Gasteiger partial charge in [-0.05, 0) is 13.3 Å². The average molecular weight is 745 g/mol. The summed E-state index contributed by atoms with van der Waals surface area (Å²) in [6, 6.07) is 0. The summed E-state index contributed by atoms with van der Waals surface area (Å²) < 4.78 is 0. The Bertz CT molecular complexity index is 322. The molecule has 0 aliphatic carbocycles. The van der Waals surface area contributed by atoms with Gasteiger partial charge in [0.05, 0.1) is 0 Å². The summed E-state index contributed by atoms with van der Waals surface area (Å²) >= 11 is 0. The van der Waals surface area contributed by atoms with Crippen molar-refractivity contribution in [2.45, 2.75) is 329 Å². The molecule has 0 unspecified atom stereocenters. The topological polar surface area (TPSA) is 17.1 Å². The van der Waals surface area contributed by atoms with Crippen molar-refractivity contribution in [3.05, 3.63) is 0 Å². The maximum atomic E-state index is 10.5. The molecule has 0 N–H and O–H groups in total. The first-order valence-electron chi connectivity index (χ1n) is 24.7. The van der Waals surface area contributed by atoms with Crippen molar-refractivity contribution in [3.63, 3.8) is 0 Å². The lowest BCUT2D eigenvalue weighted by molar-refractivity contribution is -0.117. The van der Waals surface area contributed by atoms with E-state index >= 15 is 0 Å². The number of carbonyl (C=O) groups excluding carboxylic acids is 1. The fraction of sp³-hybridized carbons (Fsp3) is 0.980. The van der Waals surface area contributed by atoms with Crippen LogP contribution in [0.3, 0.4) is 0 Å². The van der Waals surface area contributed by atoms with E-state index in [2.05, 4.69) is 104 Å². The zero-order valence-corrected chi connectivity index (χ0v) is 40.9. The SMILES string of the molecule is CCCCCC.CCCCCC.CCCCCC.CCCCCC.CCCCCC.CCCCCC.CCCCCC.CCCCCCCC(C)=O. The molecule has 0 bridgehead atoms. The summed E-state index contributed by atoms with van der Waals surface area (Å²) in [6.07, 6.45) is 45.7. The minimum absolute atomic E-state index is 0.330. The Balaban J connectivity index is -0.0000000715. The van der Waals surface area contributed by atoms with Crippen LogP contribution >= 0.6 is 0 Å². The van der Waals surface area contributed by atoms with Gasteiger partial charge in [0.2, 0.25) is 0 Å². The normalized spacial score (nSPS) is 9.15. The molecule has 0 fully saturated rings. The molecule has 0 heterocycles. The molecular formula is C51H116O. The van der Waals surface area contributed by atoms with E-state index in [0.717, 1.165) is 12.8 Å². The van der Waals surface area contributed by atoms with Gasteiger partial charge in [-0.15, -0.1) is 0 Å². The van der Waals surface area contributed by atoms with Crippen LogP contribution < -0.4 is 0 Å². The molecule has 0 aliphatic rings. The summed E-state index contributed by atoms with van der Waals surface area (Å²) in [5, 5.41) is 0. The van der Waals surface area contributed by atoms with Gasteiger partial charge >= 0.3 is 0 Å². The van der Waals surface area contributed by atoms with Gasteiger partial charge < -0.3 is 4.79 Å². The van der Waals surface area contributed by atoms with Crippen molar-refractivity contribution in [2.24, 2.45) is 0 Å². The quantitative estimate of drug-likeness (QED) is 0.0766. The van der Waals surface area contributed by atoms with Crippen LogP contribution in [0.2, 0.25) is 0 Å². The Morgan fingerprint density at radius 1 is 0.212 bits per heavy atom. The van der Waals surface area contributed by atoms with E-state index in [1.807, 2.05) is 0 Å². The largest absolute Gasteiger partial charge is 0.300 e. The van der Waals surface area contributed by atoms with E-state index < -0.39 is 0 Å². The minimum Gasteiger partial charge on any atom is -0.300 e. The van der Waals surface area contributed by atoms with E-state index in [0.29, 0.717) is 5.78 Å². The smallest absolute Gasteiger partial charge is 0.129 e. The molecule has 0 amide bonds. The van der Waals surface area contributed by atoms with Gasteiger partial charge in [-0.25, -0.2) is 0 Å². The number of Topliss-reactive ketones (excluding diaryl/α,β-unsaturated/α-hetero) is 1. The Labute approximate surface area is 338 Å². The van der Waals surface area contributed by atoms with Crippen LogP contribution in [-0.4, -0.2) is 5.78 Å². The molecule has 0 aromatic heterocycles. The van der Waals surface area contributed by atoms with Crippen LogP contribution in [-0.2, 0) is 4.79 Å². The van der Waals surface area contributed by atoms with Crippen LogP contribution in [0.1, 0.15) is 329 Å². The van der Waals surface area contributed by atoms with Crippen molar-refractivity contribution in [1.29, 1.82) is 0 Å². The monoisotopic (exact) mass is 745 g/mol. The zero-order valence-electron chi connectivity index (χ0n) is 40.9. The lowest BCUT2D eigenvalue weighted by atomic mass is 10.1. The number of ketones is 1. The molecule has 0 saturated heterocycles. The van der Waals surface area contributed by atoms with Gasteiger partial charge in [0.15, 0.2) is 0 Å². The molecule has 0 radical (unpaired) electrons. The molecule has 0 spiro atoms. The average Bonchev–Trinajstić information content (AvgIpc) is 3.16. The highest BCUT2D eigenvalue weighted by molar-refractivity contribution is 5.75. The Hall–Kier alpha value is -0.330. The minimum atomic E-state index is 0.330. The number of unbranched alkanes of at least 4 members (excludes halogenated alkanes) is 25.